The average molecular weight is 499 g/mol. The molecule has 0 bridgehead atoms. The van der Waals surface area contributed by atoms with Gasteiger partial charge in [-0.1, -0.05) is 29.3 Å². The molecule has 1 N–H and O–H groups in total. The van der Waals surface area contributed by atoms with Crippen LogP contribution in [0, 0.1) is 6.92 Å². The monoisotopic (exact) mass is 498 g/mol. The van der Waals surface area contributed by atoms with Gasteiger partial charge in [0.15, 0.2) is 0 Å². The molecule has 0 saturated carbocycles. The van der Waals surface area contributed by atoms with Crippen molar-refractivity contribution in [2.24, 2.45) is 14.1 Å². The maximum absolute atomic E-state index is 13.4. The number of aromatic nitrogens is 2. The lowest BCUT2D eigenvalue weighted by Gasteiger charge is -2.24. The number of aryl methyl sites for hydroxylation is 3. The summed E-state index contributed by atoms with van der Waals surface area (Å²) in [6.45, 7) is 1.41. The van der Waals surface area contributed by atoms with Crippen LogP contribution in [0.25, 0.3) is 11.0 Å². The molecule has 1 heterocycles. The number of benzene rings is 3. The normalized spacial score (nSPS) is 11.5. The highest BCUT2D eigenvalue weighted by atomic mass is 35.5. The van der Waals surface area contributed by atoms with Crippen molar-refractivity contribution in [3.8, 4) is 0 Å². The predicted molar refractivity (Wildman–Crippen MR) is 134 cm³/mol. The maximum atomic E-state index is 13.4. The molecule has 0 atom stereocenters. The molecular weight excluding hydrogens is 476 g/mol. The number of rotatable bonds is 6. The van der Waals surface area contributed by atoms with E-state index in [1.165, 1.54) is 21.3 Å². The topological polar surface area (TPSA) is 93.4 Å². The first-order valence-corrected chi connectivity index (χ1v) is 12.2. The second-order valence-corrected chi connectivity index (χ2v) is 10.3. The molecule has 4 aromatic rings. The highest BCUT2D eigenvalue weighted by Crippen LogP contribution is 2.26. The number of halogens is 1. The summed E-state index contributed by atoms with van der Waals surface area (Å²) in [5, 5.41) is 3.19. The molecule has 0 fully saturated rings. The number of carbonyl (C=O) groups is 1. The maximum Gasteiger partial charge on any atom is 0.328 e. The molecule has 1 aromatic heterocycles. The fourth-order valence-electron chi connectivity index (χ4n) is 3.68. The predicted octanol–water partition coefficient (Wildman–Crippen LogP) is 3.67. The van der Waals surface area contributed by atoms with E-state index in [1.54, 1.807) is 68.7 Å². The van der Waals surface area contributed by atoms with E-state index in [9.17, 15) is 18.0 Å². The first kappa shape index (κ1) is 23.6. The fourth-order valence-corrected chi connectivity index (χ4v) is 5.22. The number of anilines is 2. The summed E-state index contributed by atoms with van der Waals surface area (Å²) in [4.78, 5) is 25.2. The zero-order valence-corrected chi connectivity index (χ0v) is 20.4. The lowest BCUT2D eigenvalue weighted by atomic mass is 10.2. The van der Waals surface area contributed by atoms with E-state index >= 15 is 0 Å². The molecule has 0 aliphatic heterocycles. The van der Waals surface area contributed by atoms with E-state index in [2.05, 4.69) is 5.32 Å². The summed E-state index contributed by atoms with van der Waals surface area (Å²) in [5.41, 5.74) is 2.85. The largest absolute Gasteiger partial charge is 0.328 e. The van der Waals surface area contributed by atoms with Crippen LogP contribution in [0.1, 0.15) is 5.56 Å². The van der Waals surface area contributed by atoms with Crippen molar-refractivity contribution in [3.63, 3.8) is 0 Å². The number of hydrogen-bond donors (Lipinski definition) is 1. The lowest BCUT2D eigenvalue weighted by Crippen LogP contribution is -2.38. The molecule has 1 amide bonds. The number of amides is 1. The van der Waals surface area contributed by atoms with Gasteiger partial charge in [-0.2, -0.15) is 0 Å². The molecule has 3 aromatic carbocycles. The van der Waals surface area contributed by atoms with Crippen LogP contribution < -0.4 is 15.3 Å². The van der Waals surface area contributed by atoms with Gasteiger partial charge in [-0.3, -0.25) is 18.2 Å². The Bertz CT molecular complexity index is 1540. The van der Waals surface area contributed by atoms with Crippen molar-refractivity contribution >= 4 is 49.9 Å². The number of imidazole rings is 1. The Labute approximate surface area is 202 Å². The number of nitrogens with zero attached hydrogens (tertiary/aromatic N) is 3. The van der Waals surface area contributed by atoms with Gasteiger partial charge in [0, 0.05) is 24.8 Å². The first-order chi connectivity index (χ1) is 16.1. The van der Waals surface area contributed by atoms with Gasteiger partial charge in [0.25, 0.3) is 10.0 Å². The average Bonchev–Trinajstić information content (AvgIpc) is 3.02. The minimum absolute atomic E-state index is 0.0709. The summed E-state index contributed by atoms with van der Waals surface area (Å²) in [5.74, 6) is -0.536. The fraction of sp³-hybridized carbons (Fsp3) is 0.167. The second-order valence-electron chi connectivity index (χ2n) is 7.95. The number of nitrogens with one attached hydrogen (secondary N) is 1. The van der Waals surface area contributed by atoms with Crippen molar-refractivity contribution in [2.45, 2.75) is 11.8 Å². The van der Waals surface area contributed by atoms with Gasteiger partial charge in [-0.05, 0) is 61.5 Å². The Kier molecular flexibility index (Phi) is 6.24. The summed E-state index contributed by atoms with van der Waals surface area (Å²) in [7, 11) is -0.719. The molecule has 0 aliphatic carbocycles. The highest BCUT2D eigenvalue weighted by Gasteiger charge is 2.27. The molecule has 0 saturated heterocycles. The van der Waals surface area contributed by atoms with E-state index in [1.807, 2.05) is 6.92 Å². The molecule has 0 radical (unpaired) electrons. The van der Waals surface area contributed by atoms with Crippen LogP contribution >= 0.6 is 11.6 Å². The van der Waals surface area contributed by atoms with Gasteiger partial charge in [-0.15, -0.1) is 0 Å². The SMILES string of the molecule is Cc1ccc(S(=O)(=O)N(CC(=O)Nc2ccc3c(c2)n(C)c(=O)n3C)c2ccc(Cl)cc2)cc1. The van der Waals surface area contributed by atoms with Gasteiger partial charge in [0.1, 0.15) is 6.54 Å². The summed E-state index contributed by atoms with van der Waals surface area (Å²) < 4.78 is 30.9. The van der Waals surface area contributed by atoms with Crippen LogP contribution in [0.4, 0.5) is 11.4 Å². The number of sulfonamides is 1. The van der Waals surface area contributed by atoms with E-state index < -0.39 is 22.5 Å². The van der Waals surface area contributed by atoms with Crippen molar-refractivity contribution in [2.75, 3.05) is 16.2 Å². The summed E-state index contributed by atoms with van der Waals surface area (Å²) in [6, 6.07) is 17.7. The van der Waals surface area contributed by atoms with Crippen molar-refractivity contribution in [1.82, 2.24) is 9.13 Å². The van der Waals surface area contributed by atoms with Gasteiger partial charge in [-0.25, -0.2) is 13.2 Å². The van der Waals surface area contributed by atoms with Crippen LogP contribution in [0.5, 0.6) is 0 Å². The highest BCUT2D eigenvalue weighted by molar-refractivity contribution is 7.92. The minimum Gasteiger partial charge on any atom is -0.324 e. The number of hydrogen-bond acceptors (Lipinski definition) is 4. The van der Waals surface area contributed by atoms with E-state index in [0.29, 0.717) is 21.9 Å². The Morgan fingerprint density at radius 3 is 2.21 bits per heavy atom. The van der Waals surface area contributed by atoms with Crippen LogP contribution in [-0.4, -0.2) is 30.0 Å². The Morgan fingerprint density at radius 1 is 0.941 bits per heavy atom. The lowest BCUT2D eigenvalue weighted by molar-refractivity contribution is -0.114. The number of fused-ring (bicyclic) bond motifs is 1. The Balaban J connectivity index is 1.66. The quantitative estimate of drug-likeness (QED) is 0.439. The van der Waals surface area contributed by atoms with Gasteiger partial charge < -0.3 is 5.32 Å². The summed E-state index contributed by atoms with van der Waals surface area (Å²) >= 11 is 5.98. The molecule has 34 heavy (non-hydrogen) atoms. The van der Waals surface area contributed by atoms with Gasteiger partial charge in [0.2, 0.25) is 5.91 Å². The van der Waals surface area contributed by atoms with Crippen LogP contribution in [-0.2, 0) is 28.9 Å². The van der Waals surface area contributed by atoms with Crippen LogP contribution in [0.15, 0.2) is 76.4 Å². The van der Waals surface area contributed by atoms with Crippen molar-refractivity contribution in [3.05, 3.63) is 87.8 Å². The molecule has 0 spiro atoms. The van der Waals surface area contributed by atoms with Crippen LogP contribution in [0.3, 0.4) is 0 Å². The second kappa shape index (κ2) is 9.00. The van der Waals surface area contributed by atoms with Gasteiger partial charge in [0.05, 0.1) is 21.6 Å². The minimum atomic E-state index is -4.03. The third kappa shape index (κ3) is 4.44. The molecule has 8 nitrogen and oxygen atoms in total. The van der Waals surface area contributed by atoms with E-state index in [4.69, 9.17) is 11.6 Å². The first-order valence-electron chi connectivity index (χ1n) is 10.4. The Morgan fingerprint density at radius 2 is 1.56 bits per heavy atom. The van der Waals surface area contributed by atoms with E-state index in [0.717, 1.165) is 15.4 Å². The smallest absolute Gasteiger partial charge is 0.324 e. The zero-order valence-electron chi connectivity index (χ0n) is 18.8. The third-order valence-corrected chi connectivity index (χ3v) is 7.61. The van der Waals surface area contributed by atoms with Crippen molar-refractivity contribution < 1.29 is 13.2 Å². The molecular formula is C24H23ClN4O4S. The molecule has 10 heteroatoms. The number of carbonyl (C=O) groups excluding carboxylic acids is 1. The van der Waals surface area contributed by atoms with Gasteiger partial charge >= 0.3 is 5.69 Å². The van der Waals surface area contributed by atoms with Crippen molar-refractivity contribution in [1.29, 1.82) is 0 Å². The zero-order chi connectivity index (χ0) is 24.6. The molecule has 0 unspecified atom stereocenters. The Hall–Kier alpha value is -3.56. The van der Waals surface area contributed by atoms with E-state index in [-0.39, 0.29) is 10.6 Å². The molecule has 0 aliphatic rings. The summed E-state index contributed by atoms with van der Waals surface area (Å²) in [6.07, 6.45) is 0. The van der Waals surface area contributed by atoms with Crippen LogP contribution in [0.2, 0.25) is 5.02 Å². The molecule has 176 valence electrons. The standard InChI is InChI=1S/C24H23ClN4O4S/c1-16-4-11-20(12-5-16)34(32,33)29(19-9-6-17(25)7-10-19)15-23(30)26-18-8-13-21-22(14-18)28(3)24(31)27(21)2/h4-14H,15H2,1-3H3,(H,26,30). The third-order valence-electron chi connectivity index (χ3n) is 5.57. The molecule has 4 rings (SSSR count).